The van der Waals surface area contributed by atoms with Gasteiger partial charge in [0.1, 0.15) is 5.75 Å². The van der Waals surface area contributed by atoms with Gasteiger partial charge in [0, 0.05) is 36.9 Å². The maximum atomic E-state index is 12.8. The number of nitrogens with zero attached hydrogens (tertiary/aromatic N) is 2. The standard InChI is InChI=1S/C21H25Cl2N3O4S/c1-3-30-20-8-7-18(14-19(20)23)31(28,29)24-15(2)21(27)26-11-9-25(10-12-26)17-6-4-5-16(22)13-17/h4-8,13-15,24H,3,9-12H2,1-2H3/t15-/m0/s1. The average Bonchev–Trinajstić information content (AvgIpc) is 2.74. The van der Waals surface area contributed by atoms with Crippen LogP contribution in [0.5, 0.6) is 5.75 Å². The van der Waals surface area contributed by atoms with Crippen LogP contribution in [0.25, 0.3) is 0 Å². The topological polar surface area (TPSA) is 78.9 Å². The third kappa shape index (κ3) is 5.83. The van der Waals surface area contributed by atoms with Gasteiger partial charge in [0.25, 0.3) is 0 Å². The lowest BCUT2D eigenvalue weighted by Gasteiger charge is -2.37. The number of piperazine rings is 1. The molecule has 0 aromatic heterocycles. The fourth-order valence-corrected chi connectivity index (χ4v) is 5.11. The number of hydrogen-bond donors (Lipinski definition) is 1. The number of halogens is 2. The predicted octanol–water partition coefficient (Wildman–Crippen LogP) is 3.41. The van der Waals surface area contributed by atoms with Gasteiger partial charge >= 0.3 is 0 Å². The van der Waals surface area contributed by atoms with Crippen LogP contribution in [0.3, 0.4) is 0 Å². The first-order valence-corrected chi connectivity index (χ1v) is 12.2. The lowest BCUT2D eigenvalue weighted by molar-refractivity contribution is -0.132. The van der Waals surface area contributed by atoms with Crippen molar-refractivity contribution in [3.63, 3.8) is 0 Å². The molecule has 1 fully saturated rings. The van der Waals surface area contributed by atoms with Gasteiger partial charge in [-0.3, -0.25) is 4.79 Å². The summed E-state index contributed by atoms with van der Waals surface area (Å²) in [5.41, 5.74) is 1.00. The normalized spacial score (nSPS) is 15.6. The average molecular weight is 486 g/mol. The molecular formula is C21H25Cl2N3O4S. The van der Waals surface area contributed by atoms with Crippen molar-refractivity contribution in [1.82, 2.24) is 9.62 Å². The summed E-state index contributed by atoms with van der Waals surface area (Å²) in [5, 5.41) is 0.856. The molecule has 2 aromatic carbocycles. The van der Waals surface area contributed by atoms with Crippen molar-refractivity contribution in [2.45, 2.75) is 24.8 Å². The number of nitrogens with one attached hydrogen (secondary N) is 1. The molecule has 1 heterocycles. The fourth-order valence-electron chi connectivity index (χ4n) is 3.40. The van der Waals surface area contributed by atoms with Gasteiger partial charge in [-0.15, -0.1) is 0 Å². The van der Waals surface area contributed by atoms with E-state index in [1.807, 2.05) is 31.2 Å². The Kier molecular flexibility index (Phi) is 7.69. The summed E-state index contributed by atoms with van der Waals surface area (Å²) in [7, 11) is -3.92. The number of amides is 1. The Hall–Kier alpha value is -2.00. The highest BCUT2D eigenvalue weighted by Gasteiger charge is 2.28. The van der Waals surface area contributed by atoms with Gasteiger partial charge in [0.2, 0.25) is 15.9 Å². The molecule has 7 nitrogen and oxygen atoms in total. The number of carbonyl (C=O) groups excluding carboxylic acids is 1. The maximum Gasteiger partial charge on any atom is 0.241 e. The van der Waals surface area contributed by atoms with Gasteiger partial charge in [-0.2, -0.15) is 4.72 Å². The van der Waals surface area contributed by atoms with E-state index in [0.717, 1.165) is 5.69 Å². The van der Waals surface area contributed by atoms with Crippen molar-refractivity contribution < 1.29 is 17.9 Å². The zero-order valence-corrected chi connectivity index (χ0v) is 19.7. The second kappa shape index (κ2) is 10.1. The highest BCUT2D eigenvalue weighted by atomic mass is 35.5. The smallest absolute Gasteiger partial charge is 0.241 e. The molecule has 0 bridgehead atoms. The molecule has 1 atom stereocenters. The van der Waals surface area contributed by atoms with E-state index >= 15 is 0 Å². The van der Waals surface area contributed by atoms with Crippen LogP contribution in [0.2, 0.25) is 10.0 Å². The second-order valence-corrected chi connectivity index (χ2v) is 9.72. The van der Waals surface area contributed by atoms with Crippen molar-refractivity contribution in [1.29, 1.82) is 0 Å². The number of sulfonamides is 1. The number of ether oxygens (including phenoxy) is 1. The summed E-state index contributed by atoms with van der Waals surface area (Å²) in [6.07, 6.45) is 0. The van der Waals surface area contributed by atoms with Crippen LogP contribution < -0.4 is 14.4 Å². The number of benzene rings is 2. The number of anilines is 1. The number of rotatable bonds is 7. The summed E-state index contributed by atoms with van der Waals surface area (Å²) in [5.74, 6) is 0.135. The largest absolute Gasteiger partial charge is 0.492 e. The molecule has 2 aromatic rings. The highest BCUT2D eigenvalue weighted by Crippen LogP contribution is 2.27. The Morgan fingerprint density at radius 3 is 2.45 bits per heavy atom. The molecule has 1 N–H and O–H groups in total. The van der Waals surface area contributed by atoms with Gasteiger partial charge < -0.3 is 14.5 Å². The minimum absolute atomic E-state index is 0.0219. The first-order valence-electron chi connectivity index (χ1n) is 9.95. The molecule has 31 heavy (non-hydrogen) atoms. The predicted molar refractivity (Wildman–Crippen MR) is 123 cm³/mol. The van der Waals surface area contributed by atoms with E-state index in [4.69, 9.17) is 27.9 Å². The third-order valence-electron chi connectivity index (χ3n) is 4.98. The molecule has 0 radical (unpaired) electrons. The molecular weight excluding hydrogens is 461 g/mol. The maximum absolute atomic E-state index is 12.8. The third-order valence-corrected chi connectivity index (χ3v) is 7.05. The van der Waals surface area contributed by atoms with E-state index in [1.54, 1.807) is 11.8 Å². The highest BCUT2D eigenvalue weighted by molar-refractivity contribution is 7.89. The molecule has 0 saturated carbocycles. The molecule has 10 heteroatoms. The molecule has 1 aliphatic heterocycles. The van der Waals surface area contributed by atoms with Crippen molar-refractivity contribution >= 4 is 44.8 Å². The molecule has 3 rings (SSSR count). The Labute approximate surface area is 192 Å². The first-order chi connectivity index (χ1) is 14.7. The van der Waals surface area contributed by atoms with Crippen LogP contribution in [0.1, 0.15) is 13.8 Å². The summed E-state index contributed by atoms with van der Waals surface area (Å²) in [4.78, 5) is 16.6. The second-order valence-electron chi connectivity index (χ2n) is 7.16. The van der Waals surface area contributed by atoms with Crippen LogP contribution in [0, 0.1) is 0 Å². The number of carbonyl (C=O) groups is 1. The minimum Gasteiger partial charge on any atom is -0.492 e. The molecule has 0 spiro atoms. The van der Waals surface area contributed by atoms with Gasteiger partial charge in [0.15, 0.2) is 0 Å². The molecule has 1 amide bonds. The van der Waals surface area contributed by atoms with E-state index in [2.05, 4.69) is 9.62 Å². The zero-order valence-electron chi connectivity index (χ0n) is 17.3. The number of hydrogen-bond acceptors (Lipinski definition) is 5. The summed E-state index contributed by atoms with van der Waals surface area (Å²) in [6, 6.07) is 10.9. The van der Waals surface area contributed by atoms with E-state index in [9.17, 15) is 13.2 Å². The Morgan fingerprint density at radius 2 is 1.84 bits per heavy atom. The van der Waals surface area contributed by atoms with Crippen LogP contribution in [0.15, 0.2) is 47.4 Å². The van der Waals surface area contributed by atoms with E-state index in [0.29, 0.717) is 43.6 Å². The van der Waals surface area contributed by atoms with Crippen LogP contribution in [0.4, 0.5) is 5.69 Å². The summed E-state index contributed by atoms with van der Waals surface area (Å²) in [6.45, 7) is 6.03. The molecule has 1 aliphatic rings. The summed E-state index contributed by atoms with van der Waals surface area (Å²) < 4.78 is 33.2. The van der Waals surface area contributed by atoms with Gasteiger partial charge in [0.05, 0.1) is 22.6 Å². The Morgan fingerprint density at radius 1 is 1.13 bits per heavy atom. The molecule has 0 unspecified atom stereocenters. The quantitative estimate of drug-likeness (QED) is 0.649. The Bertz CT molecular complexity index is 1040. The van der Waals surface area contributed by atoms with Crippen LogP contribution >= 0.6 is 23.2 Å². The minimum atomic E-state index is -3.92. The molecule has 1 saturated heterocycles. The van der Waals surface area contributed by atoms with Gasteiger partial charge in [-0.1, -0.05) is 29.3 Å². The Balaban J connectivity index is 1.61. The van der Waals surface area contributed by atoms with Crippen LogP contribution in [-0.2, 0) is 14.8 Å². The lowest BCUT2D eigenvalue weighted by Crippen LogP contribution is -2.54. The van der Waals surface area contributed by atoms with Crippen LogP contribution in [-0.4, -0.2) is 58.1 Å². The van der Waals surface area contributed by atoms with E-state index < -0.39 is 16.1 Å². The van der Waals surface area contributed by atoms with Crippen molar-refractivity contribution in [2.75, 3.05) is 37.7 Å². The zero-order chi connectivity index (χ0) is 22.6. The fraction of sp³-hybridized carbons (Fsp3) is 0.381. The van der Waals surface area contributed by atoms with Crippen molar-refractivity contribution in [3.8, 4) is 5.75 Å². The monoisotopic (exact) mass is 485 g/mol. The van der Waals surface area contributed by atoms with E-state index in [-0.39, 0.29) is 15.8 Å². The lowest BCUT2D eigenvalue weighted by atomic mass is 10.2. The summed E-state index contributed by atoms with van der Waals surface area (Å²) >= 11 is 12.2. The molecule has 168 valence electrons. The first kappa shape index (κ1) is 23.7. The SMILES string of the molecule is CCOc1ccc(S(=O)(=O)N[C@@H](C)C(=O)N2CCN(c3cccc(Cl)c3)CC2)cc1Cl. The van der Waals surface area contributed by atoms with Crippen molar-refractivity contribution in [3.05, 3.63) is 52.5 Å². The van der Waals surface area contributed by atoms with Gasteiger partial charge in [-0.25, -0.2) is 8.42 Å². The molecule has 0 aliphatic carbocycles. The van der Waals surface area contributed by atoms with E-state index in [1.165, 1.54) is 18.2 Å². The van der Waals surface area contributed by atoms with Gasteiger partial charge in [-0.05, 0) is 50.2 Å². The van der Waals surface area contributed by atoms with Crippen molar-refractivity contribution in [2.24, 2.45) is 0 Å².